The maximum atomic E-state index is 11.0. The van der Waals surface area contributed by atoms with E-state index in [9.17, 15) is 9.59 Å². The molecule has 0 rings (SSSR count). The average molecular weight is 293 g/mol. The summed E-state index contributed by atoms with van der Waals surface area (Å²) in [5.41, 5.74) is 10.5. The molecule has 0 aliphatic rings. The van der Waals surface area contributed by atoms with Crippen molar-refractivity contribution in [2.75, 3.05) is 18.6 Å². The fourth-order valence-corrected chi connectivity index (χ4v) is 1.92. The van der Waals surface area contributed by atoms with Crippen LogP contribution in [0.2, 0.25) is 0 Å². The van der Waals surface area contributed by atoms with Crippen molar-refractivity contribution in [3.05, 3.63) is 0 Å². The Morgan fingerprint density at radius 3 is 2.05 bits per heavy atom. The van der Waals surface area contributed by atoms with Gasteiger partial charge in [0.1, 0.15) is 12.1 Å². The smallest absolute Gasteiger partial charge is 0.322 e. The lowest BCUT2D eigenvalue weighted by atomic mass is 10.1. The molecule has 6 N–H and O–H groups in total. The summed E-state index contributed by atoms with van der Waals surface area (Å²) in [7, 11) is 0. The molecule has 0 spiro atoms. The zero-order chi connectivity index (χ0) is 14.7. The first-order valence-electron chi connectivity index (χ1n) is 6.18. The van der Waals surface area contributed by atoms with Gasteiger partial charge in [-0.05, 0) is 44.2 Å². The van der Waals surface area contributed by atoms with Crippen LogP contribution in [0.15, 0.2) is 0 Å². The second kappa shape index (κ2) is 11.0. The molecular weight excluding hydrogens is 270 g/mol. The van der Waals surface area contributed by atoms with Gasteiger partial charge in [-0.1, -0.05) is 0 Å². The third-order valence-corrected chi connectivity index (χ3v) is 3.23. The second-order valence-electron chi connectivity index (χ2n) is 4.14. The number of nitrogens with one attached hydrogen (secondary N) is 2. The van der Waals surface area contributed by atoms with Gasteiger partial charge in [0.2, 0.25) is 0 Å². The van der Waals surface area contributed by atoms with Crippen molar-refractivity contribution in [1.29, 1.82) is 0 Å². The maximum absolute atomic E-state index is 11.0. The van der Waals surface area contributed by atoms with Crippen LogP contribution in [0.25, 0.3) is 0 Å². The lowest BCUT2D eigenvalue weighted by Crippen LogP contribution is -2.52. The van der Waals surface area contributed by atoms with Crippen LogP contribution in [-0.2, 0) is 9.59 Å². The monoisotopic (exact) mass is 293 g/mol. The van der Waals surface area contributed by atoms with E-state index in [0.717, 1.165) is 6.42 Å². The third-order valence-electron chi connectivity index (χ3n) is 2.59. The first-order chi connectivity index (χ1) is 9.02. The van der Waals surface area contributed by atoms with Gasteiger partial charge < -0.3 is 15.9 Å². The summed E-state index contributed by atoms with van der Waals surface area (Å²) in [6.45, 7) is 0.519. The molecule has 0 saturated carbocycles. The number of aliphatic carboxylic acids is 2. The Morgan fingerprint density at radius 2 is 1.63 bits per heavy atom. The molecule has 2 atom stereocenters. The summed E-state index contributed by atoms with van der Waals surface area (Å²) in [6, 6.07) is -1.59. The summed E-state index contributed by atoms with van der Waals surface area (Å²) >= 11 is 1.54. The third kappa shape index (κ3) is 8.82. The molecule has 7 nitrogen and oxygen atoms in total. The van der Waals surface area contributed by atoms with Gasteiger partial charge in [0.15, 0.2) is 0 Å². The van der Waals surface area contributed by atoms with E-state index in [4.69, 9.17) is 15.9 Å². The van der Waals surface area contributed by atoms with Gasteiger partial charge in [-0.25, -0.2) is 10.9 Å². The van der Waals surface area contributed by atoms with Crippen LogP contribution in [-0.4, -0.2) is 52.8 Å². The van der Waals surface area contributed by atoms with Crippen LogP contribution < -0.4 is 16.6 Å². The molecule has 0 bridgehead atoms. The summed E-state index contributed by atoms with van der Waals surface area (Å²) < 4.78 is 0. The molecule has 0 unspecified atom stereocenters. The van der Waals surface area contributed by atoms with E-state index in [-0.39, 0.29) is 0 Å². The van der Waals surface area contributed by atoms with Crippen LogP contribution in [0.4, 0.5) is 0 Å². The number of hydrogen-bond acceptors (Lipinski definition) is 6. The zero-order valence-electron chi connectivity index (χ0n) is 11.1. The van der Waals surface area contributed by atoms with E-state index < -0.39 is 24.0 Å². The molecule has 0 amide bonds. The number of carboxylic acid groups (broad SMARTS) is 2. The summed E-state index contributed by atoms with van der Waals surface area (Å²) in [6.07, 6.45) is 4.16. The fraction of sp³-hybridized carbons (Fsp3) is 0.818. The lowest BCUT2D eigenvalue weighted by Gasteiger charge is -2.19. The average Bonchev–Trinajstić information content (AvgIpc) is 2.35. The highest BCUT2D eigenvalue weighted by Crippen LogP contribution is 2.03. The first-order valence-corrected chi connectivity index (χ1v) is 7.58. The van der Waals surface area contributed by atoms with Crippen molar-refractivity contribution in [3.8, 4) is 0 Å². The largest absolute Gasteiger partial charge is 0.480 e. The van der Waals surface area contributed by atoms with Crippen LogP contribution in [0.5, 0.6) is 0 Å². The van der Waals surface area contributed by atoms with Crippen molar-refractivity contribution < 1.29 is 19.8 Å². The summed E-state index contributed by atoms with van der Waals surface area (Å²) in [5.74, 6) is -1.30. The molecular formula is C11H23N3O4S. The Labute approximate surface area is 117 Å². The highest BCUT2D eigenvalue weighted by molar-refractivity contribution is 7.98. The van der Waals surface area contributed by atoms with Crippen molar-refractivity contribution in [1.82, 2.24) is 10.9 Å². The normalized spacial score (nSPS) is 14.0. The molecule has 0 fully saturated rings. The van der Waals surface area contributed by atoms with E-state index >= 15 is 0 Å². The van der Waals surface area contributed by atoms with E-state index in [1.54, 1.807) is 11.8 Å². The molecule has 0 aromatic carbocycles. The molecule has 112 valence electrons. The second-order valence-corrected chi connectivity index (χ2v) is 5.12. The minimum absolute atomic E-state index is 0.411. The van der Waals surface area contributed by atoms with E-state index in [1.807, 2.05) is 6.26 Å². The first kappa shape index (κ1) is 18.2. The molecule has 0 heterocycles. The molecule has 8 heteroatoms. The number of nitrogens with two attached hydrogens (primary N) is 1. The highest BCUT2D eigenvalue weighted by Gasteiger charge is 2.21. The Balaban J connectivity index is 4.18. The summed E-state index contributed by atoms with van der Waals surface area (Å²) in [4.78, 5) is 22.0. The van der Waals surface area contributed by atoms with Gasteiger partial charge in [0.05, 0.1) is 0 Å². The number of unbranched alkanes of at least 4 members (excludes halogenated alkanes) is 1. The van der Waals surface area contributed by atoms with Gasteiger partial charge in [-0.2, -0.15) is 11.8 Å². The Kier molecular flexibility index (Phi) is 10.6. The number of thioether (sulfide) groups is 1. The SMILES string of the molecule is CSCC[C@H](NN[C@@H](CCCCN)C(=O)O)C(=O)O. The van der Waals surface area contributed by atoms with Gasteiger partial charge in [0.25, 0.3) is 0 Å². The molecule has 0 radical (unpaired) electrons. The summed E-state index contributed by atoms with van der Waals surface area (Å²) in [5, 5.41) is 18.0. The Bertz CT molecular complexity index is 279. The molecule has 0 saturated heterocycles. The minimum Gasteiger partial charge on any atom is -0.480 e. The van der Waals surface area contributed by atoms with Crippen molar-refractivity contribution >= 4 is 23.7 Å². The Hall–Kier alpha value is -0.830. The lowest BCUT2D eigenvalue weighted by molar-refractivity contribution is -0.143. The number of hydrogen-bond donors (Lipinski definition) is 5. The van der Waals surface area contributed by atoms with Crippen LogP contribution >= 0.6 is 11.8 Å². The number of hydrazine groups is 1. The highest BCUT2D eigenvalue weighted by atomic mass is 32.2. The van der Waals surface area contributed by atoms with Crippen molar-refractivity contribution in [2.24, 2.45) is 5.73 Å². The number of carbonyl (C=O) groups is 2. The van der Waals surface area contributed by atoms with E-state index in [0.29, 0.717) is 31.6 Å². The van der Waals surface area contributed by atoms with Crippen molar-refractivity contribution in [3.63, 3.8) is 0 Å². The van der Waals surface area contributed by atoms with E-state index in [1.165, 1.54) is 0 Å². The van der Waals surface area contributed by atoms with E-state index in [2.05, 4.69) is 10.9 Å². The molecule has 0 aliphatic carbocycles. The minimum atomic E-state index is -1.00. The van der Waals surface area contributed by atoms with Gasteiger partial charge in [-0.15, -0.1) is 0 Å². The molecule has 0 aromatic rings. The van der Waals surface area contributed by atoms with Crippen LogP contribution in [0, 0.1) is 0 Å². The molecule has 0 aliphatic heterocycles. The fourth-order valence-electron chi connectivity index (χ4n) is 1.44. The van der Waals surface area contributed by atoms with Gasteiger partial charge in [-0.3, -0.25) is 9.59 Å². The van der Waals surface area contributed by atoms with Gasteiger partial charge in [0, 0.05) is 0 Å². The van der Waals surface area contributed by atoms with Crippen LogP contribution in [0.3, 0.4) is 0 Å². The predicted octanol–water partition coefficient (Wildman–Crippen LogP) is -0.131. The topological polar surface area (TPSA) is 125 Å². The molecule has 19 heavy (non-hydrogen) atoms. The van der Waals surface area contributed by atoms with Gasteiger partial charge >= 0.3 is 11.9 Å². The predicted molar refractivity (Wildman–Crippen MR) is 75.0 cm³/mol. The maximum Gasteiger partial charge on any atom is 0.322 e. The van der Waals surface area contributed by atoms with Crippen molar-refractivity contribution in [2.45, 2.75) is 37.8 Å². The Morgan fingerprint density at radius 1 is 1.11 bits per heavy atom. The number of carboxylic acids is 2. The number of rotatable bonds is 12. The van der Waals surface area contributed by atoms with Crippen LogP contribution in [0.1, 0.15) is 25.7 Å². The standard InChI is InChI=1S/C11H23N3O4S/c1-19-7-5-9(11(17)18)14-13-8(10(15)16)4-2-3-6-12/h8-9,13-14H,2-7,12H2,1H3,(H,15,16)(H,17,18)/t8-,9-/m0/s1. The quantitative estimate of drug-likeness (QED) is 0.249. The zero-order valence-corrected chi connectivity index (χ0v) is 11.9. The molecule has 0 aromatic heterocycles.